The van der Waals surface area contributed by atoms with Crippen molar-refractivity contribution >= 4 is 5.96 Å². The molecule has 1 atom stereocenters. The van der Waals surface area contributed by atoms with Gasteiger partial charge in [-0.1, -0.05) is 26.0 Å². The first-order valence-corrected chi connectivity index (χ1v) is 11.9. The number of guanidine groups is 1. The Morgan fingerprint density at radius 1 is 1.12 bits per heavy atom. The third-order valence-electron chi connectivity index (χ3n) is 6.09. The van der Waals surface area contributed by atoms with E-state index in [4.69, 9.17) is 9.15 Å². The summed E-state index contributed by atoms with van der Waals surface area (Å²) in [6.07, 6.45) is 4.25. The SMILES string of the molecule is CCN(CC)CCOc1ccc(CNC(=NC)NCC(c2ccco2)N2CCCC2)cc1. The lowest BCUT2D eigenvalue weighted by Gasteiger charge is -2.26. The zero-order chi connectivity index (χ0) is 22.6. The number of likely N-dealkylation sites (N-methyl/N-ethyl adjacent to an activating group) is 1. The van der Waals surface area contributed by atoms with Gasteiger partial charge in [-0.05, 0) is 68.8 Å². The Balaban J connectivity index is 1.44. The Bertz CT molecular complexity index is 781. The van der Waals surface area contributed by atoms with Crippen LogP contribution >= 0.6 is 0 Å². The molecule has 0 bridgehead atoms. The number of benzene rings is 1. The molecule has 0 saturated carbocycles. The maximum atomic E-state index is 5.88. The summed E-state index contributed by atoms with van der Waals surface area (Å²) >= 11 is 0. The minimum Gasteiger partial charge on any atom is -0.492 e. The largest absolute Gasteiger partial charge is 0.492 e. The van der Waals surface area contributed by atoms with Gasteiger partial charge in [0.1, 0.15) is 18.1 Å². The lowest BCUT2D eigenvalue weighted by Crippen LogP contribution is -2.42. The second-order valence-electron chi connectivity index (χ2n) is 8.10. The van der Waals surface area contributed by atoms with Crippen LogP contribution in [0.5, 0.6) is 5.75 Å². The number of hydrogen-bond donors (Lipinski definition) is 2. The average molecular weight is 442 g/mol. The molecule has 0 radical (unpaired) electrons. The molecule has 0 spiro atoms. The molecular weight excluding hydrogens is 402 g/mol. The summed E-state index contributed by atoms with van der Waals surface area (Å²) in [5.74, 6) is 2.71. The molecule has 1 fully saturated rings. The van der Waals surface area contributed by atoms with Crippen LogP contribution in [0.2, 0.25) is 0 Å². The van der Waals surface area contributed by atoms with Gasteiger partial charge in [0.25, 0.3) is 0 Å². The van der Waals surface area contributed by atoms with Crippen molar-refractivity contribution < 1.29 is 9.15 Å². The fraction of sp³-hybridized carbons (Fsp3) is 0.560. The summed E-state index contributed by atoms with van der Waals surface area (Å²) in [5, 5.41) is 6.89. The van der Waals surface area contributed by atoms with Crippen LogP contribution in [0, 0.1) is 0 Å². The van der Waals surface area contributed by atoms with Gasteiger partial charge < -0.3 is 24.7 Å². The summed E-state index contributed by atoms with van der Waals surface area (Å²) in [6, 6.07) is 12.5. The Morgan fingerprint density at radius 2 is 1.88 bits per heavy atom. The number of aliphatic imine (C=N–C) groups is 1. The predicted octanol–water partition coefficient (Wildman–Crippen LogP) is 3.50. The summed E-state index contributed by atoms with van der Waals surface area (Å²) in [4.78, 5) is 9.23. The van der Waals surface area contributed by atoms with E-state index >= 15 is 0 Å². The molecule has 1 aromatic carbocycles. The van der Waals surface area contributed by atoms with E-state index in [1.807, 2.05) is 18.2 Å². The van der Waals surface area contributed by atoms with E-state index in [-0.39, 0.29) is 6.04 Å². The molecule has 1 saturated heterocycles. The maximum Gasteiger partial charge on any atom is 0.191 e. The maximum absolute atomic E-state index is 5.88. The third-order valence-corrected chi connectivity index (χ3v) is 6.09. The minimum atomic E-state index is 0.221. The Hall–Kier alpha value is -2.51. The van der Waals surface area contributed by atoms with Crippen molar-refractivity contribution in [3.05, 3.63) is 54.0 Å². The average Bonchev–Trinajstić information content (AvgIpc) is 3.55. The van der Waals surface area contributed by atoms with Crippen molar-refractivity contribution in [3.8, 4) is 5.75 Å². The number of rotatable bonds is 12. The molecular formula is C25H39N5O2. The molecule has 0 aliphatic carbocycles. The standard InChI is InChI=1S/C25H39N5O2/c1-4-29(5-2)16-18-31-22-12-10-21(11-13-22)19-27-25(26-3)28-20-23(24-9-8-17-32-24)30-14-6-7-15-30/h8-13,17,23H,4-7,14-16,18-20H2,1-3H3,(H2,26,27,28). The molecule has 176 valence electrons. The van der Waals surface area contributed by atoms with Crippen LogP contribution in [0.15, 0.2) is 52.1 Å². The molecule has 2 heterocycles. The molecule has 1 aliphatic heterocycles. The lowest BCUT2D eigenvalue weighted by molar-refractivity contribution is 0.215. The molecule has 32 heavy (non-hydrogen) atoms. The first kappa shape index (κ1) is 24.1. The van der Waals surface area contributed by atoms with Gasteiger partial charge in [-0.15, -0.1) is 0 Å². The Kier molecular flexibility index (Phi) is 9.91. The molecule has 1 unspecified atom stereocenters. The van der Waals surface area contributed by atoms with Crippen LogP contribution in [0.4, 0.5) is 0 Å². The molecule has 2 N–H and O–H groups in total. The van der Waals surface area contributed by atoms with Crippen LogP contribution < -0.4 is 15.4 Å². The minimum absolute atomic E-state index is 0.221. The fourth-order valence-electron chi connectivity index (χ4n) is 4.08. The van der Waals surface area contributed by atoms with Crippen molar-refractivity contribution in [2.24, 2.45) is 4.99 Å². The second-order valence-corrected chi connectivity index (χ2v) is 8.10. The number of hydrogen-bond acceptors (Lipinski definition) is 5. The number of nitrogens with one attached hydrogen (secondary N) is 2. The number of nitrogens with zero attached hydrogens (tertiary/aromatic N) is 3. The summed E-state index contributed by atoms with van der Waals surface area (Å²) in [6.45, 7) is 11.8. The predicted molar refractivity (Wildman–Crippen MR) is 130 cm³/mol. The molecule has 7 nitrogen and oxygen atoms in total. The summed E-state index contributed by atoms with van der Waals surface area (Å²) < 4.78 is 11.6. The van der Waals surface area contributed by atoms with Crippen LogP contribution in [0.3, 0.4) is 0 Å². The highest BCUT2D eigenvalue weighted by atomic mass is 16.5. The van der Waals surface area contributed by atoms with Crippen LogP contribution in [0.25, 0.3) is 0 Å². The first-order chi connectivity index (χ1) is 15.7. The van der Waals surface area contributed by atoms with Gasteiger partial charge >= 0.3 is 0 Å². The van der Waals surface area contributed by atoms with E-state index in [0.29, 0.717) is 13.2 Å². The Labute approximate surface area is 192 Å². The zero-order valence-electron chi connectivity index (χ0n) is 19.8. The normalized spacial score (nSPS) is 15.8. The molecule has 0 amide bonds. The quantitative estimate of drug-likeness (QED) is 0.388. The van der Waals surface area contributed by atoms with Crippen LogP contribution in [-0.2, 0) is 6.54 Å². The van der Waals surface area contributed by atoms with Gasteiger partial charge in [-0.2, -0.15) is 0 Å². The van der Waals surface area contributed by atoms with Crippen LogP contribution in [0.1, 0.15) is 44.1 Å². The van der Waals surface area contributed by atoms with Crippen molar-refractivity contribution in [1.82, 2.24) is 20.4 Å². The number of furan rings is 1. The molecule has 1 aliphatic rings. The second kappa shape index (κ2) is 13.1. The van der Waals surface area contributed by atoms with Crippen molar-refractivity contribution in [2.75, 3.05) is 52.9 Å². The van der Waals surface area contributed by atoms with Gasteiger partial charge in [0.2, 0.25) is 0 Å². The van der Waals surface area contributed by atoms with Crippen molar-refractivity contribution in [3.63, 3.8) is 0 Å². The fourth-order valence-corrected chi connectivity index (χ4v) is 4.08. The molecule has 7 heteroatoms. The number of ether oxygens (including phenoxy) is 1. The number of likely N-dealkylation sites (tertiary alicyclic amines) is 1. The van der Waals surface area contributed by atoms with E-state index in [9.17, 15) is 0 Å². The highest BCUT2D eigenvalue weighted by Crippen LogP contribution is 2.24. The highest BCUT2D eigenvalue weighted by Gasteiger charge is 2.25. The van der Waals surface area contributed by atoms with Gasteiger partial charge in [0.15, 0.2) is 5.96 Å². The van der Waals surface area contributed by atoms with Crippen LogP contribution in [-0.4, -0.2) is 68.7 Å². The van der Waals surface area contributed by atoms with E-state index in [1.165, 1.54) is 18.4 Å². The Morgan fingerprint density at radius 3 is 2.50 bits per heavy atom. The van der Waals surface area contributed by atoms with E-state index in [0.717, 1.165) is 56.7 Å². The van der Waals surface area contributed by atoms with E-state index in [2.05, 4.69) is 57.5 Å². The highest BCUT2D eigenvalue weighted by molar-refractivity contribution is 5.79. The monoisotopic (exact) mass is 441 g/mol. The summed E-state index contributed by atoms with van der Waals surface area (Å²) in [7, 11) is 1.81. The molecule has 2 aromatic rings. The topological polar surface area (TPSA) is 65.3 Å². The molecule has 1 aromatic heterocycles. The first-order valence-electron chi connectivity index (χ1n) is 11.9. The van der Waals surface area contributed by atoms with Gasteiger partial charge in [-0.3, -0.25) is 9.89 Å². The van der Waals surface area contributed by atoms with Gasteiger partial charge in [-0.25, -0.2) is 0 Å². The van der Waals surface area contributed by atoms with Gasteiger partial charge in [0, 0.05) is 26.7 Å². The van der Waals surface area contributed by atoms with Gasteiger partial charge in [0.05, 0.1) is 12.3 Å². The van der Waals surface area contributed by atoms with Crippen molar-refractivity contribution in [1.29, 1.82) is 0 Å². The van der Waals surface area contributed by atoms with E-state index < -0.39 is 0 Å². The molecule has 3 rings (SSSR count). The lowest BCUT2D eigenvalue weighted by atomic mass is 10.2. The third kappa shape index (κ3) is 7.28. The van der Waals surface area contributed by atoms with E-state index in [1.54, 1.807) is 13.3 Å². The smallest absolute Gasteiger partial charge is 0.191 e. The summed E-state index contributed by atoms with van der Waals surface area (Å²) in [5.41, 5.74) is 1.19. The van der Waals surface area contributed by atoms with Crippen molar-refractivity contribution in [2.45, 2.75) is 39.3 Å². The zero-order valence-corrected chi connectivity index (χ0v) is 19.8.